The number of nitrogens with zero attached hydrogens (tertiary/aromatic N) is 3. The van der Waals surface area contributed by atoms with E-state index < -0.39 is 11.9 Å². The molecule has 0 aliphatic carbocycles. The summed E-state index contributed by atoms with van der Waals surface area (Å²) in [4.78, 5) is 9.58. The van der Waals surface area contributed by atoms with Crippen molar-refractivity contribution in [1.82, 2.24) is 15.3 Å². The molecule has 2 heterocycles. The number of halogens is 3. The SMILES string of the molecule is CNC(=S)Nc1nc(N2CCCCC2C)cc(C(F)(F)F)n1. The Morgan fingerprint density at radius 1 is 1.36 bits per heavy atom. The zero-order valence-corrected chi connectivity index (χ0v) is 13.2. The summed E-state index contributed by atoms with van der Waals surface area (Å²) in [7, 11) is 1.57. The highest BCUT2D eigenvalue weighted by atomic mass is 32.1. The van der Waals surface area contributed by atoms with Crippen LogP contribution in [-0.4, -0.2) is 34.7 Å². The first-order valence-corrected chi connectivity index (χ1v) is 7.43. The smallest absolute Gasteiger partial charge is 0.365 e. The van der Waals surface area contributed by atoms with E-state index in [-0.39, 0.29) is 22.9 Å². The lowest BCUT2D eigenvalue weighted by Gasteiger charge is -2.34. The van der Waals surface area contributed by atoms with Crippen LogP contribution in [0.5, 0.6) is 0 Å². The van der Waals surface area contributed by atoms with Gasteiger partial charge in [0.25, 0.3) is 0 Å². The van der Waals surface area contributed by atoms with Gasteiger partial charge in [-0.05, 0) is 38.4 Å². The van der Waals surface area contributed by atoms with E-state index in [0.29, 0.717) is 6.54 Å². The minimum absolute atomic E-state index is 0.147. The second-order valence-electron chi connectivity index (χ2n) is 5.18. The van der Waals surface area contributed by atoms with Crippen LogP contribution >= 0.6 is 12.2 Å². The highest BCUT2D eigenvalue weighted by molar-refractivity contribution is 7.80. The monoisotopic (exact) mass is 333 g/mol. The van der Waals surface area contributed by atoms with Crippen molar-refractivity contribution in [3.8, 4) is 0 Å². The number of hydrogen-bond donors (Lipinski definition) is 2. The molecule has 0 amide bonds. The first-order valence-electron chi connectivity index (χ1n) is 7.03. The van der Waals surface area contributed by atoms with E-state index >= 15 is 0 Å². The lowest BCUT2D eigenvalue weighted by molar-refractivity contribution is -0.141. The van der Waals surface area contributed by atoms with Gasteiger partial charge in [-0.3, -0.25) is 0 Å². The highest BCUT2D eigenvalue weighted by Gasteiger charge is 2.35. The van der Waals surface area contributed by atoms with Crippen molar-refractivity contribution in [2.45, 2.75) is 38.4 Å². The van der Waals surface area contributed by atoms with Crippen molar-refractivity contribution in [2.24, 2.45) is 0 Å². The van der Waals surface area contributed by atoms with Gasteiger partial charge in [-0.1, -0.05) is 0 Å². The highest BCUT2D eigenvalue weighted by Crippen LogP contribution is 2.32. The molecule has 2 rings (SSSR count). The molecule has 1 aromatic rings. The molecule has 0 aromatic carbocycles. The van der Waals surface area contributed by atoms with Gasteiger partial charge >= 0.3 is 6.18 Å². The summed E-state index contributed by atoms with van der Waals surface area (Å²) < 4.78 is 39.1. The minimum atomic E-state index is -4.53. The summed E-state index contributed by atoms with van der Waals surface area (Å²) >= 11 is 4.90. The normalized spacial score (nSPS) is 19.0. The summed E-state index contributed by atoms with van der Waals surface area (Å²) in [5, 5.41) is 5.36. The molecular weight excluding hydrogens is 315 g/mol. The van der Waals surface area contributed by atoms with E-state index in [0.717, 1.165) is 25.3 Å². The van der Waals surface area contributed by atoms with E-state index in [1.807, 2.05) is 11.8 Å². The molecule has 9 heteroatoms. The van der Waals surface area contributed by atoms with Crippen molar-refractivity contribution < 1.29 is 13.2 Å². The predicted molar refractivity (Wildman–Crippen MR) is 83.0 cm³/mol. The maximum Gasteiger partial charge on any atom is 0.433 e. The van der Waals surface area contributed by atoms with Crippen LogP contribution in [0.3, 0.4) is 0 Å². The van der Waals surface area contributed by atoms with Crippen LogP contribution in [0.15, 0.2) is 6.07 Å². The quantitative estimate of drug-likeness (QED) is 0.812. The Bertz CT molecular complexity index is 549. The van der Waals surface area contributed by atoms with Crippen molar-refractivity contribution >= 4 is 29.1 Å². The third-order valence-corrected chi connectivity index (χ3v) is 3.86. The van der Waals surface area contributed by atoms with E-state index in [4.69, 9.17) is 12.2 Å². The van der Waals surface area contributed by atoms with Gasteiger partial charge in [0.1, 0.15) is 5.82 Å². The van der Waals surface area contributed by atoms with Gasteiger partial charge in [0.05, 0.1) is 0 Å². The lowest BCUT2D eigenvalue weighted by atomic mass is 10.0. The molecule has 1 aliphatic rings. The van der Waals surface area contributed by atoms with E-state index in [1.54, 1.807) is 7.05 Å². The Morgan fingerprint density at radius 2 is 2.09 bits per heavy atom. The third-order valence-electron chi connectivity index (χ3n) is 3.55. The second-order valence-corrected chi connectivity index (χ2v) is 5.58. The number of thiocarbonyl (C=S) groups is 1. The molecule has 1 aromatic heterocycles. The largest absolute Gasteiger partial charge is 0.433 e. The molecular formula is C13H18F3N5S. The summed E-state index contributed by atoms with van der Waals surface area (Å²) in [6.07, 6.45) is -1.59. The molecule has 0 spiro atoms. The molecule has 122 valence electrons. The Balaban J connectivity index is 2.39. The summed E-state index contributed by atoms with van der Waals surface area (Å²) in [5.41, 5.74) is -0.975. The molecule has 0 radical (unpaired) electrons. The number of aromatic nitrogens is 2. The lowest BCUT2D eigenvalue weighted by Crippen LogP contribution is -2.38. The zero-order chi connectivity index (χ0) is 16.3. The Morgan fingerprint density at radius 3 is 2.68 bits per heavy atom. The van der Waals surface area contributed by atoms with Gasteiger partial charge in [0, 0.05) is 25.7 Å². The fourth-order valence-corrected chi connectivity index (χ4v) is 2.48. The van der Waals surface area contributed by atoms with E-state index in [9.17, 15) is 13.2 Å². The van der Waals surface area contributed by atoms with Crippen molar-refractivity contribution in [3.63, 3.8) is 0 Å². The Hall–Kier alpha value is -1.64. The van der Waals surface area contributed by atoms with Gasteiger partial charge in [0.2, 0.25) is 5.95 Å². The number of hydrogen-bond acceptors (Lipinski definition) is 4. The fourth-order valence-electron chi connectivity index (χ4n) is 2.39. The van der Waals surface area contributed by atoms with Crippen LogP contribution in [0.2, 0.25) is 0 Å². The zero-order valence-electron chi connectivity index (χ0n) is 12.4. The molecule has 2 N–H and O–H groups in total. The van der Waals surface area contributed by atoms with E-state index in [2.05, 4.69) is 20.6 Å². The van der Waals surface area contributed by atoms with Gasteiger partial charge in [-0.15, -0.1) is 0 Å². The molecule has 1 aliphatic heterocycles. The van der Waals surface area contributed by atoms with Crippen LogP contribution < -0.4 is 15.5 Å². The topological polar surface area (TPSA) is 53.1 Å². The molecule has 1 unspecified atom stereocenters. The van der Waals surface area contributed by atoms with Crippen molar-refractivity contribution in [3.05, 3.63) is 11.8 Å². The number of nitrogens with one attached hydrogen (secondary N) is 2. The molecule has 1 fully saturated rings. The molecule has 1 atom stereocenters. The van der Waals surface area contributed by atoms with Crippen LogP contribution in [0.1, 0.15) is 31.9 Å². The molecule has 0 bridgehead atoms. The van der Waals surface area contributed by atoms with Crippen molar-refractivity contribution in [1.29, 1.82) is 0 Å². The molecule has 1 saturated heterocycles. The van der Waals surface area contributed by atoms with Crippen molar-refractivity contribution in [2.75, 3.05) is 23.8 Å². The van der Waals surface area contributed by atoms with Gasteiger partial charge < -0.3 is 15.5 Å². The molecule has 22 heavy (non-hydrogen) atoms. The van der Waals surface area contributed by atoms with Crippen LogP contribution in [0, 0.1) is 0 Å². The van der Waals surface area contributed by atoms with Crippen LogP contribution in [-0.2, 0) is 6.18 Å². The number of piperidine rings is 1. The average molecular weight is 333 g/mol. The van der Waals surface area contributed by atoms with Gasteiger partial charge in [-0.25, -0.2) is 4.98 Å². The second kappa shape index (κ2) is 6.64. The van der Waals surface area contributed by atoms with Gasteiger partial charge in [-0.2, -0.15) is 18.2 Å². The van der Waals surface area contributed by atoms with Gasteiger partial charge in [0.15, 0.2) is 10.8 Å². The molecule has 0 saturated carbocycles. The van der Waals surface area contributed by atoms with E-state index in [1.165, 1.54) is 0 Å². The Kier molecular flexibility index (Phi) is 5.05. The maximum atomic E-state index is 13.0. The summed E-state index contributed by atoms with van der Waals surface area (Å²) in [5.74, 6) is 0.123. The predicted octanol–water partition coefficient (Wildman–Crippen LogP) is 2.79. The summed E-state index contributed by atoms with van der Waals surface area (Å²) in [6.45, 7) is 2.67. The number of anilines is 2. The third kappa shape index (κ3) is 3.96. The maximum absolute atomic E-state index is 13.0. The summed E-state index contributed by atoms with van der Waals surface area (Å²) in [6, 6.07) is 1.14. The van der Waals surface area contributed by atoms with Crippen LogP contribution in [0.4, 0.5) is 24.9 Å². The average Bonchev–Trinajstić information content (AvgIpc) is 2.46. The first-order chi connectivity index (χ1) is 10.3. The minimum Gasteiger partial charge on any atom is -0.365 e. The van der Waals surface area contributed by atoms with Crippen LogP contribution in [0.25, 0.3) is 0 Å². The first kappa shape index (κ1) is 16.7. The number of rotatable bonds is 2. The number of alkyl halides is 3. The molecule has 5 nitrogen and oxygen atoms in total. The standard InChI is InChI=1S/C13H18F3N5S/c1-8-5-3-4-6-21(8)10-7-9(13(14,15)16)18-11(19-10)20-12(22)17-2/h7-8H,3-6H2,1-2H3,(H2,17,18,19,20,22). The Labute approximate surface area is 132 Å². The fraction of sp³-hybridized carbons (Fsp3) is 0.615.